The van der Waals surface area contributed by atoms with Crippen molar-refractivity contribution in [2.24, 2.45) is 18.7 Å². The summed E-state index contributed by atoms with van der Waals surface area (Å²) in [5.41, 5.74) is 8.13. The fourth-order valence-electron chi connectivity index (χ4n) is 2.36. The van der Waals surface area contributed by atoms with E-state index in [1.807, 2.05) is 11.7 Å². The molecule has 0 bridgehead atoms. The zero-order chi connectivity index (χ0) is 10.4. The summed E-state index contributed by atoms with van der Waals surface area (Å²) in [5.74, 6) is 1.25. The van der Waals surface area contributed by atoms with E-state index in [1.165, 1.54) is 23.0 Å². The summed E-state index contributed by atoms with van der Waals surface area (Å²) in [6, 6.07) is 8.41. The van der Waals surface area contributed by atoms with Gasteiger partial charge >= 0.3 is 0 Å². The molecule has 0 aliphatic heterocycles. The molecular formula is C12H15N3. The van der Waals surface area contributed by atoms with Crippen molar-refractivity contribution in [3.8, 4) is 0 Å². The number of nitrogens with two attached hydrogens (primary N) is 1. The quantitative estimate of drug-likeness (QED) is 0.802. The summed E-state index contributed by atoms with van der Waals surface area (Å²) in [5, 5.41) is 5.90. The Morgan fingerprint density at radius 3 is 3.00 bits per heavy atom. The maximum atomic E-state index is 5.68. The third-order valence-corrected chi connectivity index (χ3v) is 3.36. The van der Waals surface area contributed by atoms with Gasteiger partial charge in [-0.3, -0.25) is 4.68 Å². The minimum Gasteiger partial charge on any atom is -0.330 e. The van der Waals surface area contributed by atoms with Gasteiger partial charge in [-0.1, -0.05) is 18.2 Å². The molecular weight excluding hydrogens is 186 g/mol. The third-order valence-electron chi connectivity index (χ3n) is 3.36. The fourth-order valence-corrected chi connectivity index (χ4v) is 2.36. The van der Waals surface area contributed by atoms with Crippen LogP contribution in [0.1, 0.15) is 18.0 Å². The van der Waals surface area contributed by atoms with Gasteiger partial charge in [0.15, 0.2) is 0 Å². The molecule has 3 nitrogen and oxygen atoms in total. The summed E-state index contributed by atoms with van der Waals surface area (Å²) >= 11 is 0. The number of benzene rings is 1. The Morgan fingerprint density at radius 1 is 1.47 bits per heavy atom. The van der Waals surface area contributed by atoms with Crippen molar-refractivity contribution in [3.05, 3.63) is 30.0 Å². The minimum atomic E-state index is 0.598. The highest BCUT2D eigenvalue weighted by Crippen LogP contribution is 2.47. The van der Waals surface area contributed by atoms with E-state index in [1.54, 1.807) is 0 Å². The SMILES string of the molecule is Cn1nc([C@@H]2C[C@H]2CN)c2ccccc21. The highest BCUT2D eigenvalue weighted by molar-refractivity contribution is 5.82. The lowest BCUT2D eigenvalue weighted by molar-refractivity contribution is 0.741. The zero-order valence-corrected chi connectivity index (χ0v) is 8.85. The van der Waals surface area contributed by atoms with Gasteiger partial charge in [-0.15, -0.1) is 0 Å². The molecule has 0 saturated heterocycles. The fraction of sp³-hybridized carbons (Fsp3) is 0.417. The Kier molecular flexibility index (Phi) is 1.83. The van der Waals surface area contributed by atoms with E-state index < -0.39 is 0 Å². The maximum absolute atomic E-state index is 5.68. The molecule has 2 aromatic rings. The van der Waals surface area contributed by atoms with Crippen molar-refractivity contribution >= 4 is 10.9 Å². The topological polar surface area (TPSA) is 43.8 Å². The van der Waals surface area contributed by atoms with Crippen LogP contribution in [-0.4, -0.2) is 16.3 Å². The van der Waals surface area contributed by atoms with Gasteiger partial charge < -0.3 is 5.73 Å². The first-order chi connectivity index (χ1) is 7.31. The smallest absolute Gasteiger partial charge is 0.0737 e. The molecule has 2 N–H and O–H groups in total. The molecule has 3 rings (SSSR count). The molecule has 78 valence electrons. The highest BCUT2D eigenvalue weighted by Gasteiger charge is 2.39. The molecule has 1 aliphatic carbocycles. The van der Waals surface area contributed by atoms with Gasteiger partial charge in [0.05, 0.1) is 11.2 Å². The van der Waals surface area contributed by atoms with Crippen molar-refractivity contribution in [3.63, 3.8) is 0 Å². The van der Waals surface area contributed by atoms with E-state index in [9.17, 15) is 0 Å². The molecule has 1 aliphatic rings. The van der Waals surface area contributed by atoms with Crippen molar-refractivity contribution in [2.45, 2.75) is 12.3 Å². The molecule has 3 heteroatoms. The number of aryl methyl sites for hydroxylation is 1. The normalized spacial score (nSPS) is 24.7. The van der Waals surface area contributed by atoms with E-state index in [0.717, 1.165) is 6.54 Å². The average molecular weight is 201 g/mol. The van der Waals surface area contributed by atoms with Crippen LogP contribution in [0.25, 0.3) is 10.9 Å². The van der Waals surface area contributed by atoms with E-state index in [-0.39, 0.29) is 0 Å². The van der Waals surface area contributed by atoms with Gasteiger partial charge in [-0.25, -0.2) is 0 Å². The van der Waals surface area contributed by atoms with Gasteiger partial charge in [-0.05, 0) is 24.9 Å². The van der Waals surface area contributed by atoms with Crippen LogP contribution in [0, 0.1) is 5.92 Å². The van der Waals surface area contributed by atoms with Crippen LogP contribution >= 0.6 is 0 Å². The Morgan fingerprint density at radius 2 is 2.27 bits per heavy atom. The number of hydrogen-bond donors (Lipinski definition) is 1. The summed E-state index contributed by atoms with van der Waals surface area (Å²) < 4.78 is 1.97. The van der Waals surface area contributed by atoms with Crippen molar-refractivity contribution in [1.82, 2.24) is 9.78 Å². The highest BCUT2D eigenvalue weighted by atomic mass is 15.3. The van der Waals surface area contributed by atoms with Crippen molar-refractivity contribution < 1.29 is 0 Å². The van der Waals surface area contributed by atoms with Crippen LogP contribution in [0.3, 0.4) is 0 Å². The molecule has 0 amide bonds. The summed E-state index contributed by atoms with van der Waals surface area (Å²) in [4.78, 5) is 0. The largest absolute Gasteiger partial charge is 0.330 e. The van der Waals surface area contributed by atoms with Crippen LogP contribution in [0.4, 0.5) is 0 Å². The number of hydrogen-bond acceptors (Lipinski definition) is 2. The summed E-state index contributed by atoms with van der Waals surface area (Å²) in [7, 11) is 2.01. The number of fused-ring (bicyclic) bond motifs is 1. The standard InChI is InChI=1S/C12H15N3/c1-15-11-5-3-2-4-9(11)12(14-15)10-6-8(10)7-13/h2-5,8,10H,6-7,13H2,1H3/t8-,10+/m0/s1. The van der Waals surface area contributed by atoms with Crippen LogP contribution < -0.4 is 5.73 Å². The Labute approximate surface area is 88.9 Å². The van der Waals surface area contributed by atoms with Crippen molar-refractivity contribution in [1.29, 1.82) is 0 Å². The molecule has 1 fully saturated rings. The predicted molar refractivity (Wildman–Crippen MR) is 60.6 cm³/mol. The van der Waals surface area contributed by atoms with Gasteiger partial charge in [0.25, 0.3) is 0 Å². The summed E-state index contributed by atoms with van der Waals surface area (Å²) in [6.45, 7) is 0.787. The van der Waals surface area contributed by atoms with Gasteiger partial charge in [-0.2, -0.15) is 5.10 Å². The number of nitrogens with zero attached hydrogens (tertiary/aromatic N) is 2. The Balaban J connectivity index is 2.12. The lowest BCUT2D eigenvalue weighted by Gasteiger charge is -1.93. The Hall–Kier alpha value is -1.35. The monoisotopic (exact) mass is 201 g/mol. The van der Waals surface area contributed by atoms with E-state index >= 15 is 0 Å². The average Bonchev–Trinajstić information content (AvgIpc) is 2.98. The number of para-hydroxylation sites is 1. The predicted octanol–water partition coefficient (Wildman–Crippen LogP) is 1.64. The first-order valence-corrected chi connectivity index (χ1v) is 5.43. The van der Waals surface area contributed by atoms with Crippen LogP contribution in [0.5, 0.6) is 0 Å². The lowest BCUT2D eigenvalue weighted by Crippen LogP contribution is -2.02. The first kappa shape index (κ1) is 8.92. The second-order valence-electron chi connectivity index (χ2n) is 4.36. The molecule has 15 heavy (non-hydrogen) atoms. The molecule has 2 atom stereocenters. The van der Waals surface area contributed by atoms with E-state index in [4.69, 9.17) is 5.73 Å². The zero-order valence-electron chi connectivity index (χ0n) is 8.85. The third kappa shape index (κ3) is 1.27. The lowest BCUT2D eigenvalue weighted by atomic mass is 10.1. The molecule has 1 saturated carbocycles. The second-order valence-corrected chi connectivity index (χ2v) is 4.36. The molecule has 0 unspecified atom stereocenters. The first-order valence-electron chi connectivity index (χ1n) is 5.43. The van der Waals surface area contributed by atoms with Crippen LogP contribution in [0.15, 0.2) is 24.3 Å². The number of aromatic nitrogens is 2. The Bertz CT molecular complexity index is 501. The molecule has 1 heterocycles. The molecule has 0 spiro atoms. The molecule has 1 aromatic carbocycles. The molecule has 0 radical (unpaired) electrons. The van der Waals surface area contributed by atoms with E-state index in [0.29, 0.717) is 11.8 Å². The second kappa shape index (κ2) is 3.07. The van der Waals surface area contributed by atoms with Gasteiger partial charge in [0, 0.05) is 18.4 Å². The minimum absolute atomic E-state index is 0.598. The van der Waals surface area contributed by atoms with Gasteiger partial charge in [0.2, 0.25) is 0 Å². The maximum Gasteiger partial charge on any atom is 0.0737 e. The number of rotatable bonds is 2. The van der Waals surface area contributed by atoms with Crippen molar-refractivity contribution in [2.75, 3.05) is 6.54 Å². The van der Waals surface area contributed by atoms with Gasteiger partial charge in [0.1, 0.15) is 0 Å². The van der Waals surface area contributed by atoms with Crippen LogP contribution in [-0.2, 0) is 7.05 Å². The van der Waals surface area contributed by atoms with E-state index in [2.05, 4.69) is 29.4 Å². The van der Waals surface area contributed by atoms with Crippen LogP contribution in [0.2, 0.25) is 0 Å². The molecule has 1 aromatic heterocycles. The summed E-state index contributed by atoms with van der Waals surface area (Å²) in [6.07, 6.45) is 1.21.